The first-order valence-corrected chi connectivity index (χ1v) is 2.80. The van der Waals surface area contributed by atoms with Gasteiger partial charge in [-0.25, -0.2) is 0 Å². The van der Waals surface area contributed by atoms with Crippen LogP contribution in [-0.4, -0.2) is 0 Å². The molecule has 0 aromatic heterocycles. The van der Waals surface area contributed by atoms with E-state index in [9.17, 15) is 0 Å². The second-order valence-electron chi connectivity index (χ2n) is 2.47. The van der Waals surface area contributed by atoms with Crippen molar-refractivity contribution in [2.24, 2.45) is 11.8 Å². The molecule has 0 aliphatic heterocycles. The molecule has 7 heavy (non-hydrogen) atoms. The fraction of sp³-hybridized carbons (Fsp3) is 0.714. The van der Waals surface area contributed by atoms with Gasteiger partial charge in [0, 0.05) is 0 Å². The van der Waals surface area contributed by atoms with Crippen molar-refractivity contribution in [3.8, 4) is 11.8 Å². The lowest BCUT2D eigenvalue weighted by Gasteiger charge is -1.97. The minimum absolute atomic E-state index is 0.625. The molecule has 0 bridgehead atoms. The van der Waals surface area contributed by atoms with Crippen LogP contribution in [0.1, 0.15) is 20.3 Å². The summed E-state index contributed by atoms with van der Waals surface area (Å²) in [6.07, 6.45) is 1.25. The Morgan fingerprint density at radius 3 is 2.14 bits per heavy atom. The highest BCUT2D eigenvalue weighted by molar-refractivity contribution is 5.29. The van der Waals surface area contributed by atoms with E-state index in [-0.39, 0.29) is 0 Å². The van der Waals surface area contributed by atoms with E-state index in [2.05, 4.69) is 25.7 Å². The van der Waals surface area contributed by atoms with Crippen LogP contribution in [0.4, 0.5) is 0 Å². The highest BCUT2D eigenvalue weighted by atomic mass is 14.1. The molecule has 0 fully saturated rings. The van der Waals surface area contributed by atoms with Crippen molar-refractivity contribution in [2.45, 2.75) is 20.3 Å². The third-order valence-corrected chi connectivity index (χ3v) is 1.06. The highest BCUT2D eigenvalue weighted by Crippen LogP contribution is 2.15. The summed E-state index contributed by atoms with van der Waals surface area (Å²) in [5.41, 5.74) is 0. The Hall–Kier alpha value is -0.440. The first kappa shape index (κ1) is 4.71. The summed E-state index contributed by atoms with van der Waals surface area (Å²) in [6, 6.07) is 0. The molecule has 0 aromatic carbocycles. The lowest BCUT2D eigenvalue weighted by Crippen LogP contribution is -1.89. The van der Waals surface area contributed by atoms with Gasteiger partial charge in [0.25, 0.3) is 0 Å². The molecule has 0 saturated heterocycles. The summed E-state index contributed by atoms with van der Waals surface area (Å²) in [7, 11) is 0. The average Bonchev–Trinajstić information content (AvgIpc) is 2.17. The summed E-state index contributed by atoms with van der Waals surface area (Å²) >= 11 is 0. The molecule has 38 valence electrons. The van der Waals surface area contributed by atoms with Crippen molar-refractivity contribution >= 4 is 0 Å². The number of hydrogen-bond acceptors (Lipinski definition) is 0. The lowest BCUT2D eigenvalue weighted by atomic mass is 10.1. The van der Waals surface area contributed by atoms with Crippen LogP contribution in [0.25, 0.3) is 0 Å². The van der Waals surface area contributed by atoms with Crippen molar-refractivity contribution in [1.29, 1.82) is 0 Å². The standard InChI is InChI=1S/C7H10/c1-6(2)5-7-3-4-7/h6-7H,5H2,1-2H3. The fourth-order valence-corrected chi connectivity index (χ4v) is 0.648. The second kappa shape index (κ2) is 1.58. The zero-order chi connectivity index (χ0) is 5.28. The predicted molar refractivity (Wildman–Crippen MR) is 30.7 cm³/mol. The molecule has 0 amide bonds. The Bertz CT molecular complexity index is 104. The molecular formula is C7H10. The summed E-state index contributed by atoms with van der Waals surface area (Å²) in [5, 5.41) is 0. The van der Waals surface area contributed by atoms with E-state index in [4.69, 9.17) is 0 Å². The molecule has 0 heterocycles. The lowest BCUT2D eigenvalue weighted by molar-refractivity contribution is 0.567. The van der Waals surface area contributed by atoms with Crippen LogP contribution < -0.4 is 0 Å². The molecule has 0 saturated carbocycles. The molecule has 0 heteroatoms. The molecule has 0 atom stereocenters. The van der Waals surface area contributed by atoms with Gasteiger partial charge in [-0.1, -0.05) is 25.7 Å². The first-order valence-electron chi connectivity index (χ1n) is 2.80. The molecular weight excluding hydrogens is 84.1 g/mol. The Morgan fingerprint density at radius 1 is 1.43 bits per heavy atom. The van der Waals surface area contributed by atoms with Gasteiger partial charge in [-0.2, -0.15) is 0 Å². The van der Waals surface area contributed by atoms with E-state index in [0.717, 1.165) is 5.92 Å². The topological polar surface area (TPSA) is 0 Å². The van der Waals surface area contributed by atoms with Gasteiger partial charge in [0.2, 0.25) is 0 Å². The Kier molecular flexibility index (Phi) is 1.06. The Balaban J connectivity index is 2.00. The maximum absolute atomic E-state index is 3.02. The van der Waals surface area contributed by atoms with Crippen LogP contribution in [0.3, 0.4) is 0 Å². The molecule has 0 spiro atoms. The van der Waals surface area contributed by atoms with E-state index in [1.165, 1.54) is 6.42 Å². The smallest absolute Gasteiger partial charge is 0.0814 e. The summed E-state index contributed by atoms with van der Waals surface area (Å²) < 4.78 is 0. The molecule has 0 unspecified atom stereocenters. The molecule has 1 aliphatic carbocycles. The van der Waals surface area contributed by atoms with Gasteiger partial charge >= 0.3 is 0 Å². The van der Waals surface area contributed by atoms with E-state index in [1.54, 1.807) is 0 Å². The van der Waals surface area contributed by atoms with Gasteiger partial charge in [-0.15, -0.1) is 0 Å². The van der Waals surface area contributed by atoms with E-state index >= 15 is 0 Å². The van der Waals surface area contributed by atoms with E-state index in [1.807, 2.05) is 0 Å². The normalized spacial score (nSPS) is 16.4. The quantitative estimate of drug-likeness (QED) is 0.456. The maximum Gasteiger partial charge on any atom is 0.0814 e. The van der Waals surface area contributed by atoms with Crippen LogP contribution >= 0.6 is 0 Å². The van der Waals surface area contributed by atoms with Crippen molar-refractivity contribution < 1.29 is 0 Å². The van der Waals surface area contributed by atoms with Gasteiger partial charge in [-0.3, -0.25) is 0 Å². The Morgan fingerprint density at radius 2 is 2.00 bits per heavy atom. The molecule has 0 N–H and O–H groups in total. The van der Waals surface area contributed by atoms with Crippen molar-refractivity contribution in [1.82, 2.24) is 0 Å². The van der Waals surface area contributed by atoms with Gasteiger partial charge in [0.15, 0.2) is 0 Å². The third-order valence-electron chi connectivity index (χ3n) is 1.06. The zero-order valence-electron chi connectivity index (χ0n) is 4.86. The first-order chi connectivity index (χ1) is 3.29. The molecule has 0 nitrogen and oxygen atoms in total. The van der Waals surface area contributed by atoms with Crippen molar-refractivity contribution in [2.75, 3.05) is 0 Å². The van der Waals surface area contributed by atoms with Crippen LogP contribution in [0, 0.1) is 23.7 Å². The fourth-order valence-electron chi connectivity index (χ4n) is 0.648. The van der Waals surface area contributed by atoms with Crippen LogP contribution in [-0.2, 0) is 0 Å². The van der Waals surface area contributed by atoms with Crippen LogP contribution in [0.2, 0.25) is 0 Å². The van der Waals surface area contributed by atoms with Crippen LogP contribution in [0.5, 0.6) is 0 Å². The minimum Gasteiger partial charge on any atom is -0.0855 e. The molecule has 1 rings (SSSR count). The van der Waals surface area contributed by atoms with Gasteiger partial charge in [0.1, 0.15) is 0 Å². The van der Waals surface area contributed by atoms with E-state index < -0.39 is 0 Å². The summed E-state index contributed by atoms with van der Waals surface area (Å²) in [6.45, 7) is 4.45. The third kappa shape index (κ3) is 1.64. The monoisotopic (exact) mass is 94.1 g/mol. The maximum atomic E-state index is 3.02. The van der Waals surface area contributed by atoms with Gasteiger partial charge < -0.3 is 0 Å². The van der Waals surface area contributed by atoms with Gasteiger partial charge in [0.05, 0.1) is 5.92 Å². The SMILES string of the molecule is CC(C)CC1C#C1. The van der Waals surface area contributed by atoms with Crippen LogP contribution in [0.15, 0.2) is 0 Å². The number of hydrogen-bond donors (Lipinski definition) is 0. The molecule has 0 radical (unpaired) electrons. The van der Waals surface area contributed by atoms with E-state index in [0.29, 0.717) is 5.92 Å². The molecule has 1 aliphatic rings. The highest BCUT2D eigenvalue weighted by Gasteiger charge is 2.10. The molecule has 0 aromatic rings. The van der Waals surface area contributed by atoms with Crippen molar-refractivity contribution in [3.63, 3.8) is 0 Å². The second-order valence-corrected chi connectivity index (χ2v) is 2.47. The average molecular weight is 94.2 g/mol. The van der Waals surface area contributed by atoms with Gasteiger partial charge in [-0.05, 0) is 12.3 Å². The Labute approximate surface area is 44.9 Å². The summed E-state index contributed by atoms with van der Waals surface area (Å²) in [4.78, 5) is 0. The minimum atomic E-state index is 0.625. The largest absolute Gasteiger partial charge is 0.0855 e. The zero-order valence-corrected chi connectivity index (χ0v) is 4.86. The summed E-state index contributed by atoms with van der Waals surface area (Å²) in [5.74, 6) is 7.47. The predicted octanol–water partition coefficient (Wildman–Crippen LogP) is 1.67. The van der Waals surface area contributed by atoms with Crippen molar-refractivity contribution in [3.05, 3.63) is 0 Å². The number of rotatable bonds is 2.